The molecule has 2 heterocycles. The molecule has 0 unspecified atom stereocenters. The molecule has 35 heteroatoms. The van der Waals surface area contributed by atoms with E-state index in [1.165, 1.54) is 11.3 Å². The van der Waals surface area contributed by atoms with E-state index < -0.39 is 11.9 Å². The van der Waals surface area contributed by atoms with Gasteiger partial charge in [0.15, 0.2) is 10.8 Å². The van der Waals surface area contributed by atoms with Crippen LogP contribution in [-0.2, 0) is 57.1 Å². The van der Waals surface area contributed by atoms with E-state index in [1.54, 1.807) is 77.0 Å². The summed E-state index contributed by atoms with van der Waals surface area (Å²) in [5, 5.41) is 27.5. The van der Waals surface area contributed by atoms with Gasteiger partial charge in [0, 0.05) is 24.6 Å². The fraction of sp³-hybridized carbons (Fsp3) is 0.523. The SMILES string of the molecule is C.C=CC(=O)OCCCCCCOc1ccc(OC(=O)C2CCC(COc3ccc(OCC4CCC(C(=O)Oc5ccc(OCCCCCCOC(=O)C=C)cc5)CC4)c(C=O)c3)CC2)cc1.Clc1nc2ccccc2s1.NN.NN(CCOCCOCCO)c1nc2ccccc2s1.NNCCOCCOCCO.O.OCCOCCOCCCl. The molecule has 9 rings (SSSR count). The van der Waals surface area contributed by atoms with E-state index in [-0.39, 0.29) is 68.3 Å². The summed E-state index contributed by atoms with van der Waals surface area (Å²) in [7, 11) is 0. The number of carbonyl (C=O) groups excluding carboxylic acids is 5. The number of fused-ring (bicyclic) bond motifs is 2. The minimum absolute atomic E-state index is 0. The van der Waals surface area contributed by atoms with E-state index in [4.69, 9.17) is 117 Å². The first kappa shape index (κ1) is 109. The molecular weight excluding hydrogens is 1650 g/mol. The number of halogens is 2. The molecule has 2 aromatic heterocycles. The van der Waals surface area contributed by atoms with Crippen molar-refractivity contribution < 1.29 is 111 Å². The van der Waals surface area contributed by atoms with Gasteiger partial charge in [0.25, 0.3) is 0 Å². The van der Waals surface area contributed by atoms with Crippen molar-refractivity contribution in [3.8, 4) is 34.5 Å². The molecule has 2 aliphatic rings. The maximum absolute atomic E-state index is 13.0. The predicted molar refractivity (Wildman–Crippen MR) is 472 cm³/mol. The lowest BCUT2D eigenvalue weighted by Crippen LogP contribution is -2.34. The number of nitrogens with zero attached hydrogens (tertiary/aromatic N) is 3. The molecule has 0 spiro atoms. The number of para-hydroxylation sites is 2. The van der Waals surface area contributed by atoms with Crippen molar-refractivity contribution >= 4 is 102 Å². The zero-order valence-corrected chi connectivity index (χ0v) is 71.7. The van der Waals surface area contributed by atoms with Crippen molar-refractivity contribution in [3.63, 3.8) is 0 Å². The quantitative estimate of drug-likeness (QED) is 0.00256. The van der Waals surface area contributed by atoms with Gasteiger partial charge in [-0.1, -0.05) is 67.8 Å². The lowest BCUT2D eigenvalue weighted by Gasteiger charge is -2.27. The number of hydrazine groups is 3. The van der Waals surface area contributed by atoms with Crippen LogP contribution in [0.3, 0.4) is 0 Å². The van der Waals surface area contributed by atoms with Crippen molar-refractivity contribution in [2.75, 3.05) is 163 Å². The Morgan fingerprint density at radius 1 is 0.496 bits per heavy atom. The first-order valence-corrected chi connectivity index (χ1v) is 42.6. The van der Waals surface area contributed by atoms with E-state index in [0.29, 0.717) is 208 Å². The van der Waals surface area contributed by atoms with Crippen molar-refractivity contribution in [1.29, 1.82) is 0 Å². The van der Waals surface area contributed by atoms with Crippen LogP contribution in [-0.4, -0.2) is 219 Å². The number of alkyl halides is 1. The highest BCUT2D eigenvalue weighted by Gasteiger charge is 2.30. The van der Waals surface area contributed by atoms with Gasteiger partial charge >= 0.3 is 23.9 Å². The summed E-state index contributed by atoms with van der Waals surface area (Å²) in [4.78, 5) is 68.6. The maximum Gasteiger partial charge on any atom is 0.330 e. The van der Waals surface area contributed by atoms with Crippen LogP contribution in [0.15, 0.2) is 141 Å². The van der Waals surface area contributed by atoms with Gasteiger partial charge < -0.3 is 87.1 Å². The Morgan fingerprint density at radius 3 is 1.33 bits per heavy atom. The number of aromatic nitrogens is 2. The Morgan fingerprint density at radius 2 is 0.901 bits per heavy atom. The number of nitrogens with two attached hydrogens (primary N) is 4. The molecule has 0 aliphatic heterocycles. The van der Waals surface area contributed by atoms with Gasteiger partial charge in [-0.25, -0.2) is 25.4 Å². The lowest BCUT2D eigenvalue weighted by molar-refractivity contribution is -0.141. The van der Waals surface area contributed by atoms with Crippen LogP contribution in [0.4, 0.5) is 5.13 Å². The Balaban J connectivity index is 0.000000716. The molecule has 0 bridgehead atoms. The Kier molecular flexibility index (Phi) is 64.2. The molecule has 5 aromatic carbocycles. The Bertz CT molecular complexity index is 3740. The van der Waals surface area contributed by atoms with Gasteiger partial charge in [0.05, 0.1) is 183 Å². The number of anilines is 1. The highest BCUT2D eigenvalue weighted by Crippen LogP contribution is 2.35. The number of ether oxygens (including phenoxy) is 14. The first-order chi connectivity index (χ1) is 58.2. The number of hydrogen-bond acceptors (Lipinski definition) is 32. The van der Waals surface area contributed by atoms with Gasteiger partial charge in [-0.2, -0.15) is 0 Å². The van der Waals surface area contributed by atoms with Crippen molar-refractivity contribution in [1.82, 2.24) is 15.4 Å². The fourth-order valence-corrected chi connectivity index (χ4v) is 13.4. The number of aliphatic hydroxyl groups is 3. The van der Waals surface area contributed by atoms with E-state index >= 15 is 0 Å². The van der Waals surface area contributed by atoms with Crippen LogP contribution in [0.1, 0.15) is 121 Å². The molecule has 7 aromatic rings. The maximum atomic E-state index is 13.0. The zero-order chi connectivity index (χ0) is 86.0. The second-order valence-corrected chi connectivity index (χ2v) is 29.5. The number of nitrogens with one attached hydrogen (secondary N) is 1. The summed E-state index contributed by atoms with van der Waals surface area (Å²) >= 11 is 14.1. The van der Waals surface area contributed by atoms with E-state index in [2.05, 4.69) is 40.2 Å². The smallest absolute Gasteiger partial charge is 0.330 e. The summed E-state index contributed by atoms with van der Waals surface area (Å²) in [6, 6.07) is 35.3. The third kappa shape index (κ3) is 49.7. The number of thiazole rings is 2. The highest BCUT2D eigenvalue weighted by molar-refractivity contribution is 7.22. The summed E-state index contributed by atoms with van der Waals surface area (Å²) in [5.41, 5.74) is 4.83. The van der Waals surface area contributed by atoms with Crippen molar-refractivity contribution in [2.24, 2.45) is 47.0 Å². The molecule has 2 fully saturated rings. The average Bonchev–Trinajstić information content (AvgIpc) is 1.78. The topological polar surface area (TPSA) is 452 Å². The third-order valence-corrected chi connectivity index (χ3v) is 20.0. The predicted octanol–water partition coefficient (Wildman–Crippen LogP) is 11.7. The minimum Gasteiger partial charge on any atom is -0.494 e. The Hall–Kier alpha value is -8.11. The number of aliphatic hydroxyl groups excluding tert-OH is 3. The highest BCUT2D eigenvalue weighted by atomic mass is 35.5. The van der Waals surface area contributed by atoms with Gasteiger partial charge in [0.2, 0.25) is 5.13 Å². The molecule has 14 N–H and O–H groups in total. The normalized spacial score (nSPS) is 14.3. The second-order valence-electron chi connectivity index (χ2n) is 26.5. The largest absolute Gasteiger partial charge is 0.494 e. The molecule has 676 valence electrons. The number of esters is 4. The summed E-state index contributed by atoms with van der Waals surface area (Å²) < 4.78 is 78.4. The first-order valence-electron chi connectivity index (χ1n) is 40.1. The summed E-state index contributed by atoms with van der Waals surface area (Å²) in [6.07, 6.45) is 16.4. The van der Waals surface area contributed by atoms with Crippen LogP contribution in [0, 0.1) is 23.7 Å². The van der Waals surface area contributed by atoms with Gasteiger partial charge in [-0.15, -0.1) is 22.9 Å². The van der Waals surface area contributed by atoms with Crippen LogP contribution in [0.25, 0.3) is 20.4 Å². The number of carbonyl (C=O) groups is 5. The standard InChI is InChI=1S/C53H66O13.C13H19N3O3S.C7H4ClNS.C6H13ClO3.C6H16N2O3.CH4.H4N2.H2O/c1-3-50(55)61-33-11-7-5-9-31-59-44-21-25-46(26-22-44)65-52(57)41-17-13-39(14-18-41)37-63-48-29-30-49(43(35-48)36-54)64-38-40-15-19-42(20-16-40)53(58)66-47-27-23-45(24-28-47)60-32-10-6-8-12-34-62-51(56)4-2;14-16(5-7-18-9-10-19-8-6-17)13-15-11-3-1-2-4-12(11)20-13;8-7-9-5-3-1-2-4-6(5)10-7;7-1-3-9-5-6-10-4-2-8;7-8-1-3-10-5-6-11-4-2-9;;1-2;/h3-4,21-30,35-36,39-42H,1-2,5-20,31-34,37-38H2;1-4,17H,5-10,14H2;1-4H;8H,1-6H2;8-9H,1-7H2;1H4;1-2H2;1H2. The molecule has 0 amide bonds. The summed E-state index contributed by atoms with van der Waals surface area (Å²) in [6.45, 7) is 16.9. The molecule has 121 heavy (non-hydrogen) atoms. The van der Waals surface area contributed by atoms with Crippen molar-refractivity contribution in [2.45, 2.75) is 110 Å². The van der Waals surface area contributed by atoms with Gasteiger partial charge in [-0.05, 0) is 206 Å². The number of unbranched alkanes of at least 4 members (excludes halogenated alkanes) is 6. The number of aldehydes is 1. The number of benzene rings is 5. The molecule has 2 saturated carbocycles. The van der Waals surface area contributed by atoms with Crippen molar-refractivity contribution in [3.05, 3.63) is 151 Å². The molecule has 0 radical (unpaired) electrons. The molecule has 0 saturated heterocycles. The minimum atomic E-state index is -0.397. The monoisotopic (exact) mass is 1770 g/mol. The number of hydrogen-bond donors (Lipinski definition) is 8. The molecule has 0 atom stereocenters. The molecule has 2 aliphatic carbocycles. The zero-order valence-electron chi connectivity index (χ0n) is 68.5. The van der Waals surface area contributed by atoms with Crippen LogP contribution in [0.2, 0.25) is 4.47 Å². The fourth-order valence-electron chi connectivity index (χ4n) is 11.4. The van der Waals surface area contributed by atoms with E-state index in [1.807, 2.05) is 54.6 Å². The van der Waals surface area contributed by atoms with E-state index in [0.717, 1.165) is 121 Å². The molecular formula is C86H128Cl2N8O23S2. The van der Waals surface area contributed by atoms with Crippen LogP contribution >= 0.6 is 45.9 Å². The van der Waals surface area contributed by atoms with Gasteiger partial charge in [-0.3, -0.25) is 42.3 Å². The number of rotatable bonds is 53. The second kappa shape index (κ2) is 71.3. The Labute approximate surface area is 729 Å². The molecule has 31 nitrogen and oxygen atoms in total. The van der Waals surface area contributed by atoms with Crippen LogP contribution in [0.5, 0.6) is 34.5 Å². The summed E-state index contributed by atoms with van der Waals surface area (Å²) in [5.74, 6) is 21.9. The van der Waals surface area contributed by atoms with Gasteiger partial charge in [0.1, 0.15) is 34.5 Å². The van der Waals surface area contributed by atoms with Crippen LogP contribution < -0.4 is 62.2 Å². The van der Waals surface area contributed by atoms with E-state index in [9.17, 15) is 24.0 Å². The third-order valence-electron chi connectivity index (χ3n) is 17.7. The lowest BCUT2D eigenvalue weighted by atomic mass is 9.82. The average molecular weight is 1780 g/mol.